The third kappa shape index (κ3) is 1.72. The number of carbonyl (C=O) groups is 1. The maximum Gasteiger partial charge on any atom is 0.143 e. The van der Waals surface area contributed by atoms with E-state index in [4.69, 9.17) is 0 Å². The summed E-state index contributed by atoms with van der Waals surface area (Å²) in [4.78, 5) is 11.9. The SMILES string of the molecule is C[C@H](C(=O)C1CCC1)c1ccccc1. The van der Waals surface area contributed by atoms with Crippen LogP contribution in [0.5, 0.6) is 0 Å². The smallest absolute Gasteiger partial charge is 0.143 e. The molecule has 74 valence electrons. The first-order valence-electron chi connectivity index (χ1n) is 5.37. The van der Waals surface area contributed by atoms with Gasteiger partial charge in [-0.05, 0) is 18.4 Å². The minimum absolute atomic E-state index is 0.0847. The summed E-state index contributed by atoms with van der Waals surface area (Å²) in [6.45, 7) is 2.02. The molecule has 0 aliphatic heterocycles. The summed E-state index contributed by atoms with van der Waals surface area (Å²) in [5, 5.41) is 0. The fourth-order valence-corrected chi connectivity index (χ4v) is 1.95. The molecular weight excluding hydrogens is 172 g/mol. The van der Waals surface area contributed by atoms with E-state index in [1.807, 2.05) is 37.3 Å². The first-order chi connectivity index (χ1) is 6.79. The van der Waals surface area contributed by atoms with Crippen molar-refractivity contribution in [3.05, 3.63) is 35.9 Å². The van der Waals surface area contributed by atoms with Crippen LogP contribution in [0.4, 0.5) is 0 Å². The van der Waals surface area contributed by atoms with E-state index in [1.54, 1.807) is 0 Å². The molecule has 1 aromatic carbocycles. The maximum absolute atomic E-state index is 11.9. The van der Waals surface area contributed by atoms with Gasteiger partial charge >= 0.3 is 0 Å². The van der Waals surface area contributed by atoms with Crippen LogP contribution in [0.3, 0.4) is 0 Å². The predicted octanol–water partition coefficient (Wildman–Crippen LogP) is 3.16. The van der Waals surface area contributed by atoms with E-state index in [9.17, 15) is 4.79 Å². The first-order valence-corrected chi connectivity index (χ1v) is 5.37. The molecule has 2 rings (SSSR count). The van der Waals surface area contributed by atoms with Crippen LogP contribution in [0, 0.1) is 5.92 Å². The van der Waals surface area contributed by atoms with E-state index in [1.165, 1.54) is 6.42 Å². The molecule has 1 heteroatoms. The number of hydrogen-bond donors (Lipinski definition) is 0. The molecule has 0 amide bonds. The number of rotatable bonds is 3. The van der Waals surface area contributed by atoms with Gasteiger partial charge in [0.25, 0.3) is 0 Å². The van der Waals surface area contributed by atoms with Crippen molar-refractivity contribution in [3.63, 3.8) is 0 Å². The molecular formula is C13H16O. The minimum Gasteiger partial charge on any atom is -0.299 e. The van der Waals surface area contributed by atoms with Gasteiger partial charge in [-0.3, -0.25) is 4.79 Å². The molecule has 1 saturated carbocycles. The molecule has 1 aliphatic carbocycles. The Labute approximate surface area is 85.1 Å². The van der Waals surface area contributed by atoms with Gasteiger partial charge in [-0.15, -0.1) is 0 Å². The van der Waals surface area contributed by atoms with Crippen LogP contribution in [0.2, 0.25) is 0 Å². The van der Waals surface area contributed by atoms with Gasteiger partial charge in [0.1, 0.15) is 5.78 Å². The molecule has 1 aromatic rings. The van der Waals surface area contributed by atoms with Gasteiger partial charge in [-0.1, -0.05) is 43.7 Å². The van der Waals surface area contributed by atoms with E-state index < -0.39 is 0 Å². The lowest BCUT2D eigenvalue weighted by atomic mass is 9.77. The summed E-state index contributed by atoms with van der Waals surface area (Å²) in [7, 11) is 0. The Kier molecular flexibility index (Phi) is 2.67. The minimum atomic E-state index is 0.0847. The number of ketones is 1. The summed E-state index contributed by atoms with van der Waals surface area (Å²) in [6, 6.07) is 10.1. The molecule has 0 unspecified atom stereocenters. The van der Waals surface area contributed by atoms with Gasteiger partial charge in [-0.2, -0.15) is 0 Å². The maximum atomic E-state index is 11.9. The van der Waals surface area contributed by atoms with Crippen molar-refractivity contribution in [2.24, 2.45) is 5.92 Å². The number of Topliss-reactive ketones (excluding diaryl/α,β-unsaturated/α-hetero) is 1. The number of hydrogen-bond acceptors (Lipinski definition) is 1. The Morgan fingerprint density at radius 3 is 2.43 bits per heavy atom. The molecule has 0 bridgehead atoms. The highest BCUT2D eigenvalue weighted by atomic mass is 16.1. The fourth-order valence-electron chi connectivity index (χ4n) is 1.95. The highest BCUT2D eigenvalue weighted by molar-refractivity contribution is 5.88. The molecule has 14 heavy (non-hydrogen) atoms. The summed E-state index contributed by atoms with van der Waals surface area (Å²) in [5.74, 6) is 0.870. The zero-order chi connectivity index (χ0) is 9.97. The Morgan fingerprint density at radius 2 is 1.93 bits per heavy atom. The molecule has 1 atom stereocenters. The van der Waals surface area contributed by atoms with Gasteiger partial charge in [0.2, 0.25) is 0 Å². The molecule has 1 nitrogen and oxygen atoms in total. The molecule has 1 fully saturated rings. The van der Waals surface area contributed by atoms with Crippen LogP contribution in [0.1, 0.15) is 37.7 Å². The quantitative estimate of drug-likeness (QED) is 0.712. The third-order valence-corrected chi connectivity index (χ3v) is 3.23. The van der Waals surface area contributed by atoms with Crippen molar-refractivity contribution in [1.29, 1.82) is 0 Å². The largest absolute Gasteiger partial charge is 0.299 e. The topological polar surface area (TPSA) is 17.1 Å². The van der Waals surface area contributed by atoms with Gasteiger partial charge in [-0.25, -0.2) is 0 Å². The van der Waals surface area contributed by atoms with Crippen molar-refractivity contribution < 1.29 is 4.79 Å². The highest BCUT2D eigenvalue weighted by Gasteiger charge is 2.29. The normalized spacial score (nSPS) is 18.6. The van der Waals surface area contributed by atoms with E-state index in [2.05, 4.69) is 0 Å². The summed E-state index contributed by atoms with van der Waals surface area (Å²) < 4.78 is 0. The van der Waals surface area contributed by atoms with Crippen molar-refractivity contribution in [2.45, 2.75) is 32.1 Å². The van der Waals surface area contributed by atoms with Crippen LogP contribution in [-0.4, -0.2) is 5.78 Å². The Hall–Kier alpha value is -1.11. The van der Waals surface area contributed by atoms with Gasteiger partial charge in [0, 0.05) is 11.8 Å². The zero-order valence-corrected chi connectivity index (χ0v) is 8.57. The molecule has 0 saturated heterocycles. The van der Waals surface area contributed by atoms with Gasteiger partial charge in [0.05, 0.1) is 0 Å². The van der Waals surface area contributed by atoms with Gasteiger partial charge in [0.15, 0.2) is 0 Å². The van der Waals surface area contributed by atoms with E-state index in [0.717, 1.165) is 18.4 Å². The summed E-state index contributed by atoms with van der Waals surface area (Å²) in [5.41, 5.74) is 1.16. The number of carbonyl (C=O) groups excluding carboxylic acids is 1. The van der Waals surface area contributed by atoms with Crippen LogP contribution in [0.25, 0.3) is 0 Å². The van der Waals surface area contributed by atoms with Crippen LogP contribution in [-0.2, 0) is 4.79 Å². The molecule has 0 radical (unpaired) electrons. The molecule has 0 spiro atoms. The van der Waals surface area contributed by atoms with Crippen LogP contribution in [0.15, 0.2) is 30.3 Å². The lowest BCUT2D eigenvalue weighted by molar-refractivity contribution is -0.126. The lowest BCUT2D eigenvalue weighted by Crippen LogP contribution is -2.26. The average Bonchev–Trinajstić information content (AvgIpc) is 2.15. The second kappa shape index (κ2) is 3.95. The van der Waals surface area contributed by atoms with E-state index in [-0.39, 0.29) is 5.92 Å². The first kappa shape index (κ1) is 9.45. The highest BCUT2D eigenvalue weighted by Crippen LogP contribution is 2.32. The second-order valence-electron chi connectivity index (χ2n) is 4.16. The Morgan fingerprint density at radius 1 is 1.29 bits per heavy atom. The number of benzene rings is 1. The predicted molar refractivity (Wildman–Crippen MR) is 57.2 cm³/mol. The third-order valence-electron chi connectivity index (χ3n) is 3.23. The summed E-state index contributed by atoms with van der Waals surface area (Å²) in [6.07, 6.45) is 3.45. The Balaban J connectivity index is 2.07. The van der Waals surface area contributed by atoms with Crippen LogP contribution < -0.4 is 0 Å². The van der Waals surface area contributed by atoms with Crippen LogP contribution >= 0.6 is 0 Å². The van der Waals surface area contributed by atoms with Crippen molar-refractivity contribution >= 4 is 5.78 Å². The van der Waals surface area contributed by atoms with E-state index >= 15 is 0 Å². The fraction of sp³-hybridized carbons (Fsp3) is 0.462. The molecule has 1 aliphatic rings. The molecule has 0 N–H and O–H groups in total. The molecule has 0 aromatic heterocycles. The standard InChI is InChI=1S/C13H16O/c1-10(11-6-3-2-4-7-11)13(14)12-8-5-9-12/h2-4,6-7,10,12H,5,8-9H2,1H3/t10-/m0/s1. The zero-order valence-electron chi connectivity index (χ0n) is 8.57. The second-order valence-corrected chi connectivity index (χ2v) is 4.16. The monoisotopic (exact) mass is 188 g/mol. The lowest BCUT2D eigenvalue weighted by Gasteiger charge is -2.26. The Bertz CT molecular complexity index is 311. The van der Waals surface area contributed by atoms with E-state index in [0.29, 0.717) is 11.7 Å². The average molecular weight is 188 g/mol. The van der Waals surface area contributed by atoms with Crippen molar-refractivity contribution in [3.8, 4) is 0 Å². The van der Waals surface area contributed by atoms with Gasteiger partial charge < -0.3 is 0 Å². The molecule has 0 heterocycles. The summed E-state index contributed by atoms with van der Waals surface area (Å²) >= 11 is 0. The van der Waals surface area contributed by atoms with Crippen molar-refractivity contribution in [2.75, 3.05) is 0 Å². The van der Waals surface area contributed by atoms with Crippen molar-refractivity contribution in [1.82, 2.24) is 0 Å².